The molecule has 0 radical (unpaired) electrons. The molecular formula is C24H43NO3. The molecule has 28 heavy (non-hydrogen) atoms. The van der Waals surface area contributed by atoms with Crippen LogP contribution in [0.15, 0.2) is 6.07 Å². The summed E-state index contributed by atoms with van der Waals surface area (Å²) in [5.74, 6) is 0.438. The molecule has 0 saturated heterocycles. The summed E-state index contributed by atoms with van der Waals surface area (Å²) >= 11 is 0. The molecule has 0 spiro atoms. The van der Waals surface area contributed by atoms with Gasteiger partial charge in [0.25, 0.3) is 0 Å². The summed E-state index contributed by atoms with van der Waals surface area (Å²) in [6, 6.07) is 2.19. The summed E-state index contributed by atoms with van der Waals surface area (Å²) in [7, 11) is 0. The number of nitrogens with zero attached hydrogens (tertiary/aromatic N) is 1. The highest BCUT2D eigenvalue weighted by atomic mass is 16.3. The summed E-state index contributed by atoms with van der Waals surface area (Å²) in [4.78, 5) is 2.42. The third kappa shape index (κ3) is 7.06. The van der Waals surface area contributed by atoms with Crippen molar-refractivity contribution in [2.45, 2.75) is 91.5 Å². The normalized spacial score (nSPS) is 12.8. The van der Waals surface area contributed by atoms with Gasteiger partial charge in [-0.3, -0.25) is 4.90 Å². The van der Waals surface area contributed by atoms with Crippen molar-refractivity contribution in [1.29, 1.82) is 0 Å². The van der Waals surface area contributed by atoms with Gasteiger partial charge in [0, 0.05) is 25.3 Å². The smallest absolute Gasteiger partial charge is 0.123 e. The zero-order valence-electron chi connectivity index (χ0n) is 19.2. The van der Waals surface area contributed by atoms with E-state index in [1.54, 1.807) is 0 Å². The van der Waals surface area contributed by atoms with Crippen LogP contribution in [0.2, 0.25) is 0 Å². The van der Waals surface area contributed by atoms with E-state index in [-0.39, 0.29) is 24.0 Å². The van der Waals surface area contributed by atoms with Crippen LogP contribution in [-0.4, -0.2) is 46.5 Å². The van der Waals surface area contributed by atoms with Gasteiger partial charge in [-0.1, -0.05) is 47.6 Å². The minimum absolute atomic E-state index is 0.134. The maximum Gasteiger partial charge on any atom is 0.123 e. The molecule has 0 aliphatic heterocycles. The zero-order chi connectivity index (χ0) is 21.5. The van der Waals surface area contributed by atoms with E-state index in [1.807, 2.05) is 0 Å². The number of unbranched alkanes of at least 4 members (excludes halogenated alkanes) is 2. The van der Waals surface area contributed by atoms with Gasteiger partial charge in [0.05, 0.1) is 0 Å². The fourth-order valence-electron chi connectivity index (χ4n) is 3.88. The van der Waals surface area contributed by atoms with Gasteiger partial charge in [0.15, 0.2) is 0 Å². The predicted molar refractivity (Wildman–Crippen MR) is 118 cm³/mol. The number of rotatable bonds is 10. The summed E-state index contributed by atoms with van der Waals surface area (Å²) in [6.45, 7) is 18.2. The van der Waals surface area contributed by atoms with Gasteiger partial charge < -0.3 is 15.3 Å². The molecule has 0 fully saturated rings. The topological polar surface area (TPSA) is 63.9 Å². The van der Waals surface area contributed by atoms with Crippen molar-refractivity contribution in [3.8, 4) is 5.75 Å². The second kappa shape index (κ2) is 10.6. The fourth-order valence-corrected chi connectivity index (χ4v) is 3.88. The van der Waals surface area contributed by atoms with Crippen molar-refractivity contribution < 1.29 is 15.3 Å². The number of aromatic hydroxyl groups is 1. The number of benzene rings is 1. The second-order valence-electron chi connectivity index (χ2n) is 10.1. The highest BCUT2D eigenvalue weighted by Gasteiger charge is 2.29. The van der Waals surface area contributed by atoms with Crippen molar-refractivity contribution in [3.63, 3.8) is 0 Å². The van der Waals surface area contributed by atoms with Crippen LogP contribution in [0.5, 0.6) is 5.75 Å². The lowest BCUT2D eigenvalue weighted by molar-refractivity contribution is 0.220. The minimum atomic E-state index is -0.136. The predicted octanol–water partition coefficient (Wildman–Crippen LogP) is 4.64. The van der Waals surface area contributed by atoms with E-state index in [2.05, 4.69) is 59.4 Å². The van der Waals surface area contributed by atoms with Crippen LogP contribution in [0.25, 0.3) is 0 Å². The van der Waals surface area contributed by atoms with E-state index in [0.29, 0.717) is 5.75 Å². The molecule has 0 amide bonds. The average molecular weight is 394 g/mol. The van der Waals surface area contributed by atoms with Gasteiger partial charge in [-0.2, -0.15) is 0 Å². The standard InChI is InChI=1S/C24H43NO3/c1-18-19(17-25(12-8-10-14-26)13-9-11-15-27)16-20(23(2,3)4)22(28)21(18)24(5,6)7/h16,26-28H,8-15,17H2,1-7H3. The quantitative estimate of drug-likeness (QED) is 0.507. The molecule has 162 valence electrons. The van der Waals surface area contributed by atoms with E-state index < -0.39 is 0 Å². The Morgan fingerprint density at radius 1 is 0.821 bits per heavy atom. The highest BCUT2D eigenvalue weighted by molar-refractivity contribution is 5.54. The van der Waals surface area contributed by atoms with Crippen molar-refractivity contribution >= 4 is 0 Å². The van der Waals surface area contributed by atoms with Crippen molar-refractivity contribution in [2.75, 3.05) is 26.3 Å². The van der Waals surface area contributed by atoms with Crippen LogP contribution < -0.4 is 0 Å². The lowest BCUT2D eigenvalue weighted by Crippen LogP contribution is -2.28. The Morgan fingerprint density at radius 2 is 1.32 bits per heavy atom. The summed E-state index contributed by atoms with van der Waals surface area (Å²) in [5.41, 5.74) is 4.21. The summed E-state index contributed by atoms with van der Waals surface area (Å²) in [5, 5.41) is 29.3. The first kappa shape index (κ1) is 24.9. The lowest BCUT2D eigenvalue weighted by Gasteiger charge is -2.32. The Morgan fingerprint density at radius 3 is 1.71 bits per heavy atom. The first-order valence-corrected chi connectivity index (χ1v) is 10.7. The number of hydrogen-bond acceptors (Lipinski definition) is 4. The molecule has 1 aromatic rings. The number of phenols is 1. The number of aliphatic hydroxyl groups excluding tert-OH is 2. The van der Waals surface area contributed by atoms with Gasteiger partial charge in [-0.05, 0) is 73.2 Å². The van der Waals surface area contributed by atoms with Crippen LogP contribution in [0.3, 0.4) is 0 Å². The maximum atomic E-state index is 11.1. The minimum Gasteiger partial charge on any atom is -0.507 e. The Hall–Kier alpha value is -1.10. The Kier molecular flexibility index (Phi) is 9.45. The zero-order valence-corrected chi connectivity index (χ0v) is 19.2. The molecule has 0 bridgehead atoms. The summed E-state index contributed by atoms with van der Waals surface area (Å²) in [6.07, 6.45) is 3.55. The van der Waals surface area contributed by atoms with Crippen molar-refractivity contribution in [2.24, 2.45) is 0 Å². The third-order valence-corrected chi connectivity index (χ3v) is 5.38. The largest absolute Gasteiger partial charge is 0.507 e. The number of phenolic OH excluding ortho intramolecular Hbond substituents is 1. The highest BCUT2D eigenvalue weighted by Crippen LogP contribution is 2.42. The average Bonchev–Trinajstić information content (AvgIpc) is 2.55. The number of hydrogen-bond donors (Lipinski definition) is 3. The monoisotopic (exact) mass is 393 g/mol. The molecule has 1 aromatic carbocycles. The van der Waals surface area contributed by atoms with E-state index in [9.17, 15) is 5.11 Å². The van der Waals surface area contributed by atoms with Gasteiger partial charge in [-0.15, -0.1) is 0 Å². The van der Waals surface area contributed by atoms with Crippen LogP contribution in [0.4, 0.5) is 0 Å². The first-order chi connectivity index (χ1) is 12.9. The van der Waals surface area contributed by atoms with Crippen LogP contribution in [0, 0.1) is 6.92 Å². The fraction of sp³-hybridized carbons (Fsp3) is 0.750. The maximum absolute atomic E-state index is 11.1. The Balaban J connectivity index is 3.30. The van der Waals surface area contributed by atoms with Gasteiger partial charge in [0.1, 0.15) is 5.75 Å². The number of aliphatic hydroxyl groups is 2. The van der Waals surface area contributed by atoms with E-state index in [1.165, 1.54) is 11.1 Å². The van der Waals surface area contributed by atoms with Gasteiger partial charge >= 0.3 is 0 Å². The lowest BCUT2D eigenvalue weighted by atomic mass is 9.76. The Bertz CT molecular complexity index is 602. The van der Waals surface area contributed by atoms with Crippen molar-refractivity contribution in [1.82, 2.24) is 4.90 Å². The van der Waals surface area contributed by atoms with Gasteiger partial charge in [0.2, 0.25) is 0 Å². The molecule has 1 rings (SSSR count). The second-order valence-corrected chi connectivity index (χ2v) is 10.1. The SMILES string of the molecule is Cc1c(CN(CCCCO)CCCCO)cc(C(C)(C)C)c(O)c1C(C)(C)C. The third-order valence-electron chi connectivity index (χ3n) is 5.38. The molecule has 4 nitrogen and oxygen atoms in total. The van der Waals surface area contributed by atoms with Gasteiger partial charge in [-0.25, -0.2) is 0 Å². The van der Waals surface area contributed by atoms with E-state index in [4.69, 9.17) is 10.2 Å². The molecule has 3 N–H and O–H groups in total. The molecule has 0 aliphatic carbocycles. The Labute approximate surface area is 172 Å². The summed E-state index contributed by atoms with van der Waals surface area (Å²) < 4.78 is 0. The molecule has 0 aromatic heterocycles. The first-order valence-electron chi connectivity index (χ1n) is 10.7. The van der Waals surface area contributed by atoms with E-state index in [0.717, 1.165) is 56.4 Å². The molecule has 4 heteroatoms. The molecule has 0 heterocycles. The molecular weight excluding hydrogens is 350 g/mol. The van der Waals surface area contributed by atoms with Crippen LogP contribution in [0.1, 0.15) is 89.5 Å². The van der Waals surface area contributed by atoms with Crippen LogP contribution >= 0.6 is 0 Å². The molecule has 0 aliphatic rings. The molecule has 0 unspecified atom stereocenters. The molecule has 0 saturated carbocycles. The van der Waals surface area contributed by atoms with Crippen molar-refractivity contribution in [3.05, 3.63) is 28.3 Å². The molecule has 0 atom stereocenters. The van der Waals surface area contributed by atoms with E-state index >= 15 is 0 Å². The van der Waals surface area contributed by atoms with Crippen LogP contribution in [-0.2, 0) is 17.4 Å².